The highest BCUT2D eigenvalue weighted by molar-refractivity contribution is 9.11. The first-order valence-electron chi connectivity index (χ1n) is 6.12. The van der Waals surface area contributed by atoms with E-state index in [9.17, 15) is 0 Å². The summed E-state index contributed by atoms with van der Waals surface area (Å²) in [6.45, 7) is 5.72. The van der Waals surface area contributed by atoms with E-state index < -0.39 is 0 Å². The SMILES string of the molecule is CCOC(CNc1cc(OC)c(Br)cc1Br)OCC. The summed E-state index contributed by atoms with van der Waals surface area (Å²) in [5.41, 5.74) is 0.935. The average molecular weight is 397 g/mol. The van der Waals surface area contributed by atoms with Crippen LogP contribution in [0, 0.1) is 0 Å². The highest BCUT2D eigenvalue weighted by Gasteiger charge is 2.11. The second kappa shape index (κ2) is 8.79. The highest BCUT2D eigenvalue weighted by Crippen LogP contribution is 2.34. The zero-order valence-electron chi connectivity index (χ0n) is 11.3. The smallest absolute Gasteiger partial charge is 0.174 e. The largest absolute Gasteiger partial charge is 0.495 e. The Morgan fingerprint density at radius 3 is 2.26 bits per heavy atom. The molecule has 1 N–H and O–H groups in total. The van der Waals surface area contributed by atoms with Crippen LogP contribution in [0.15, 0.2) is 21.1 Å². The maximum Gasteiger partial charge on any atom is 0.174 e. The third-order valence-corrected chi connectivity index (χ3v) is 3.68. The Kier molecular flexibility index (Phi) is 7.75. The van der Waals surface area contributed by atoms with E-state index in [-0.39, 0.29) is 6.29 Å². The van der Waals surface area contributed by atoms with Gasteiger partial charge in [-0.25, -0.2) is 0 Å². The first-order valence-corrected chi connectivity index (χ1v) is 7.71. The molecule has 0 bridgehead atoms. The molecule has 0 unspecified atom stereocenters. The Labute approximate surface area is 131 Å². The van der Waals surface area contributed by atoms with E-state index in [4.69, 9.17) is 14.2 Å². The van der Waals surface area contributed by atoms with Gasteiger partial charge in [0.2, 0.25) is 0 Å². The Morgan fingerprint density at radius 2 is 1.74 bits per heavy atom. The van der Waals surface area contributed by atoms with Crippen molar-refractivity contribution in [3.05, 3.63) is 21.1 Å². The van der Waals surface area contributed by atoms with Gasteiger partial charge in [0.25, 0.3) is 0 Å². The minimum absolute atomic E-state index is 0.253. The number of hydrogen-bond donors (Lipinski definition) is 1. The summed E-state index contributed by atoms with van der Waals surface area (Å²) in [5, 5.41) is 3.29. The summed E-state index contributed by atoms with van der Waals surface area (Å²) in [6.07, 6.45) is -0.253. The summed E-state index contributed by atoms with van der Waals surface area (Å²) in [4.78, 5) is 0. The number of ether oxygens (including phenoxy) is 3. The monoisotopic (exact) mass is 395 g/mol. The standard InChI is InChI=1S/C13H19Br2NO3/c1-4-18-13(19-5-2)8-16-11-7-12(17-3)10(15)6-9(11)14/h6-7,13,16H,4-5,8H2,1-3H3. The number of rotatable bonds is 8. The van der Waals surface area contributed by atoms with E-state index in [1.165, 1.54) is 0 Å². The van der Waals surface area contributed by atoms with E-state index in [1.54, 1.807) is 7.11 Å². The molecule has 1 rings (SSSR count). The second-order valence-electron chi connectivity index (χ2n) is 3.69. The van der Waals surface area contributed by atoms with Crippen LogP contribution in [-0.2, 0) is 9.47 Å². The van der Waals surface area contributed by atoms with Crippen molar-refractivity contribution in [1.29, 1.82) is 0 Å². The molecule has 0 atom stereocenters. The van der Waals surface area contributed by atoms with Crippen molar-refractivity contribution < 1.29 is 14.2 Å². The van der Waals surface area contributed by atoms with Crippen molar-refractivity contribution in [2.45, 2.75) is 20.1 Å². The number of benzene rings is 1. The van der Waals surface area contributed by atoms with Gasteiger partial charge in [0.1, 0.15) is 5.75 Å². The molecule has 19 heavy (non-hydrogen) atoms. The van der Waals surface area contributed by atoms with Gasteiger partial charge in [0, 0.05) is 23.8 Å². The van der Waals surface area contributed by atoms with Gasteiger partial charge >= 0.3 is 0 Å². The van der Waals surface area contributed by atoms with Crippen LogP contribution >= 0.6 is 31.9 Å². The molecule has 0 spiro atoms. The molecule has 0 aromatic heterocycles. The summed E-state index contributed by atoms with van der Waals surface area (Å²) in [5.74, 6) is 0.773. The topological polar surface area (TPSA) is 39.7 Å². The minimum Gasteiger partial charge on any atom is -0.495 e. The van der Waals surface area contributed by atoms with Crippen LogP contribution < -0.4 is 10.1 Å². The van der Waals surface area contributed by atoms with Crippen LogP contribution in [0.25, 0.3) is 0 Å². The quantitative estimate of drug-likeness (QED) is 0.673. The average Bonchev–Trinajstić information content (AvgIpc) is 2.38. The molecule has 4 nitrogen and oxygen atoms in total. The second-order valence-corrected chi connectivity index (χ2v) is 5.40. The molecule has 0 saturated carbocycles. The van der Waals surface area contributed by atoms with Crippen molar-refractivity contribution in [2.75, 3.05) is 32.2 Å². The zero-order chi connectivity index (χ0) is 14.3. The summed E-state index contributed by atoms with van der Waals surface area (Å²) >= 11 is 6.95. The predicted octanol–water partition coefficient (Wildman–Crippen LogP) is 4.03. The molecule has 0 aliphatic carbocycles. The molecule has 0 fully saturated rings. The summed E-state index contributed by atoms with van der Waals surface area (Å²) in [7, 11) is 1.64. The van der Waals surface area contributed by atoms with Gasteiger partial charge in [-0.05, 0) is 51.8 Å². The molecule has 0 amide bonds. The summed E-state index contributed by atoms with van der Waals surface area (Å²) < 4.78 is 18.1. The first-order chi connectivity index (χ1) is 9.12. The molecular weight excluding hydrogens is 378 g/mol. The van der Waals surface area contributed by atoms with E-state index in [2.05, 4.69) is 37.2 Å². The Hall–Kier alpha value is -0.300. The van der Waals surface area contributed by atoms with Crippen molar-refractivity contribution >= 4 is 37.5 Å². The molecule has 0 heterocycles. The Bertz CT molecular complexity index is 396. The number of methoxy groups -OCH3 is 1. The van der Waals surface area contributed by atoms with Gasteiger partial charge in [0.05, 0.1) is 23.8 Å². The van der Waals surface area contributed by atoms with Gasteiger partial charge in [-0.2, -0.15) is 0 Å². The fourth-order valence-electron chi connectivity index (χ4n) is 1.55. The van der Waals surface area contributed by atoms with Gasteiger partial charge in [0.15, 0.2) is 6.29 Å². The van der Waals surface area contributed by atoms with Crippen molar-refractivity contribution in [3.8, 4) is 5.75 Å². The van der Waals surface area contributed by atoms with Crippen LogP contribution in [-0.4, -0.2) is 33.2 Å². The van der Waals surface area contributed by atoms with Gasteiger partial charge in [-0.15, -0.1) is 0 Å². The van der Waals surface area contributed by atoms with Gasteiger partial charge in [-0.3, -0.25) is 0 Å². The zero-order valence-corrected chi connectivity index (χ0v) is 14.5. The lowest BCUT2D eigenvalue weighted by atomic mass is 10.3. The first kappa shape index (κ1) is 16.8. The van der Waals surface area contributed by atoms with E-state index in [1.807, 2.05) is 26.0 Å². The third-order valence-electron chi connectivity index (χ3n) is 2.41. The molecule has 1 aromatic carbocycles. The van der Waals surface area contributed by atoms with Gasteiger partial charge < -0.3 is 19.5 Å². The number of anilines is 1. The van der Waals surface area contributed by atoms with E-state index >= 15 is 0 Å². The lowest BCUT2D eigenvalue weighted by Crippen LogP contribution is -2.26. The van der Waals surface area contributed by atoms with E-state index in [0.717, 1.165) is 20.4 Å². The molecule has 0 aliphatic heterocycles. The Morgan fingerprint density at radius 1 is 1.11 bits per heavy atom. The molecule has 0 aliphatic rings. The number of halogens is 2. The number of nitrogens with one attached hydrogen (secondary N) is 1. The lowest BCUT2D eigenvalue weighted by molar-refractivity contribution is -0.126. The highest BCUT2D eigenvalue weighted by atomic mass is 79.9. The van der Waals surface area contributed by atoms with Crippen LogP contribution in [0.4, 0.5) is 5.69 Å². The molecular formula is C13H19Br2NO3. The predicted molar refractivity (Wildman–Crippen MR) is 83.9 cm³/mol. The molecule has 0 saturated heterocycles. The third kappa shape index (κ3) is 5.30. The minimum atomic E-state index is -0.253. The van der Waals surface area contributed by atoms with Crippen molar-refractivity contribution in [1.82, 2.24) is 0 Å². The van der Waals surface area contributed by atoms with Gasteiger partial charge in [-0.1, -0.05) is 0 Å². The van der Waals surface area contributed by atoms with Crippen LogP contribution in [0.2, 0.25) is 0 Å². The summed E-state index contributed by atoms with van der Waals surface area (Å²) in [6, 6.07) is 3.86. The lowest BCUT2D eigenvalue weighted by Gasteiger charge is -2.19. The fourth-order valence-corrected chi connectivity index (χ4v) is 2.85. The Balaban J connectivity index is 2.70. The fraction of sp³-hybridized carbons (Fsp3) is 0.538. The molecule has 6 heteroatoms. The van der Waals surface area contributed by atoms with Crippen LogP contribution in [0.5, 0.6) is 5.75 Å². The van der Waals surface area contributed by atoms with E-state index in [0.29, 0.717) is 19.8 Å². The molecule has 108 valence electrons. The van der Waals surface area contributed by atoms with Crippen molar-refractivity contribution in [2.24, 2.45) is 0 Å². The van der Waals surface area contributed by atoms with Crippen LogP contribution in [0.1, 0.15) is 13.8 Å². The molecule has 1 aromatic rings. The van der Waals surface area contributed by atoms with Crippen LogP contribution in [0.3, 0.4) is 0 Å². The maximum absolute atomic E-state index is 5.48. The maximum atomic E-state index is 5.48. The molecule has 0 radical (unpaired) electrons. The number of hydrogen-bond acceptors (Lipinski definition) is 4. The normalized spacial score (nSPS) is 10.8. The van der Waals surface area contributed by atoms with Crippen molar-refractivity contribution in [3.63, 3.8) is 0 Å².